The molecule has 0 aliphatic carbocycles. The maximum atomic E-state index is 13.2. The van der Waals surface area contributed by atoms with Crippen molar-refractivity contribution in [3.05, 3.63) is 71.5 Å². The number of carbonyl (C=O) groups is 4. The van der Waals surface area contributed by atoms with Crippen LogP contribution in [0.5, 0.6) is 0 Å². The number of aliphatic carboxylic acids is 2. The van der Waals surface area contributed by atoms with Crippen LogP contribution in [0, 0.1) is 17.7 Å². The Labute approximate surface area is 261 Å². The summed E-state index contributed by atoms with van der Waals surface area (Å²) in [6.07, 6.45) is 0.327. The first kappa shape index (κ1) is 36.4. The van der Waals surface area contributed by atoms with Gasteiger partial charge in [-0.25, -0.2) is 14.0 Å². The Bertz CT molecular complexity index is 1320. The van der Waals surface area contributed by atoms with Gasteiger partial charge in [0, 0.05) is 48.4 Å². The summed E-state index contributed by atoms with van der Waals surface area (Å²) in [6, 6.07) is 12.1. The van der Waals surface area contributed by atoms with Gasteiger partial charge in [-0.1, -0.05) is 37.6 Å². The summed E-state index contributed by atoms with van der Waals surface area (Å²) < 4.78 is 13.2. The van der Waals surface area contributed by atoms with Crippen molar-refractivity contribution in [1.82, 2.24) is 4.90 Å². The quantitative estimate of drug-likeness (QED) is 0.231. The van der Waals surface area contributed by atoms with Crippen LogP contribution < -0.4 is 16.0 Å². The third-order valence-electron chi connectivity index (χ3n) is 7.21. The van der Waals surface area contributed by atoms with E-state index in [0.29, 0.717) is 41.6 Å². The van der Waals surface area contributed by atoms with Gasteiger partial charge in [-0.15, -0.1) is 0 Å². The number of carboxylic acid groups (broad SMARTS) is 2. The minimum atomic E-state index is -1.26. The summed E-state index contributed by atoms with van der Waals surface area (Å²) in [7, 11) is 0. The zero-order valence-corrected chi connectivity index (χ0v) is 25.9. The van der Waals surface area contributed by atoms with Gasteiger partial charge in [0.1, 0.15) is 5.82 Å². The topological polar surface area (TPSA) is 173 Å². The summed E-state index contributed by atoms with van der Waals surface area (Å²) >= 11 is 6.33. The van der Waals surface area contributed by atoms with Crippen molar-refractivity contribution in [2.24, 2.45) is 17.6 Å². The molecule has 0 unspecified atom stereocenters. The molecule has 1 heterocycles. The van der Waals surface area contributed by atoms with Crippen molar-refractivity contribution in [1.29, 1.82) is 0 Å². The second-order valence-corrected chi connectivity index (χ2v) is 11.9. The second kappa shape index (κ2) is 16.3. The molecule has 1 aliphatic rings. The molecule has 1 aliphatic heterocycles. The van der Waals surface area contributed by atoms with E-state index in [1.807, 2.05) is 50.8 Å². The number of aliphatic hydroxyl groups excluding tert-OH is 1. The van der Waals surface area contributed by atoms with Crippen LogP contribution in [0.3, 0.4) is 0 Å². The SMILES string of the molecule is CC(C)[C@H](C[C@H](O)[C@@H](N)CN1CC(=O)N(c2ccccc2Cl)CC1(C)C)C(=O)Nc1ccc(F)cc1.O=C(O)/C=C/C(=O)O. The fourth-order valence-corrected chi connectivity index (χ4v) is 4.88. The number of hydrogen-bond acceptors (Lipinski definition) is 7. The molecule has 240 valence electrons. The van der Waals surface area contributed by atoms with Crippen molar-refractivity contribution in [2.45, 2.75) is 51.8 Å². The fourth-order valence-electron chi connectivity index (χ4n) is 4.64. The first-order valence-corrected chi connectivity index (χ1v) is 14.3. The number of aliphatic hydroxyl groups is 1. The maximum Gasteiger partial charge on any atom is 0.328 e. The van der Waals surface area contributed by atoms with Crippen molar-refractivity contribution >= 4 is 46.7 Å². The lowest BCUT2D eigenvalue weighted by atomic mass is 9.86. The van der Waals surface area contributed by atoms with Crippen LogP contribution in [-0.2, 0) is 19.2 Å². The average Bonchev–Trinajstić information content (AvgIpc) is 2.94. The third-order valence-corrected chi connectivity index (χ3v) is 7.53. The molecular weight excluding hydrogens is 595 g/mol. The van der Waals surface area contributed by atoms with E-state index in [0.717, 1.165) is 0 Å². The molecule has 0 aromatic heterocycles. The van der Waals surface area contributed by atoms with Crippen LogP contribution in [-0.4, -0.2) is 81.3 Å². The number of carboxylic acids is 2. The van der Waals surface area contributed by atoms with Gasteiger partial charge in [-0.3, -0.25) is 14.5 Å². The number of nitrogens with two attached hydrogens (primary N) is 1. The molecule has 11 nitrogen and oxygen atoms in total. The molecule has 3 atom stereocenters. The van der Waals surface area contributed by atoms with E-state index in [2.05, 4.69) is 5.32 Å². The number of halogens is 2. The predicted octanol–water partition coefficient (Wildman–Crippen LogP) is 3.61. The van der Waals surface area contributed by atoms with E-state index in [1.54, 1.807) is 11.0 Å². The summed E-state index contributed by atoms with van der Waals surface area (Å²) in [5.41, 5.74) is 7.14. The van der Waals surface area contributed by atoms with Gasteiger partial charge in [0.25, 0.3) is 0 Å². The number of rotatable bonds is 11. The lowest BCUT2D eigenvalue weighted by Gasteiger charge is -2.47. The Morgan fingerprint density at radius 3 is 2.16 bits per heavy atom. The lowest BCUT2D eigenvalue weighted by molar-refractivity contribution is -0.134. The number of nitrogens with zero attached hydrogens (tertiary/aromatic N) is 2. The van der Waals surface area contributed by atoms with Crippen molar-refractivity contribution in [2.75, 3.05) is 29.9 Å². The fraction of sp³-hybridized carbons (Fsp3) is 0.419. The Morgan fingerprint density at radius 2 is 1.64 bits per heavy atom. The van der Waals surface area contributed by atoms with Crippen LogP contribution in [0.2, 0.25) is 5.02 Å². The van der Waals surface area contributed by atoms with Crippen LogP contribution >= 0.6 is 11.6 Å². The highest BCUT2D eigenvalue weighted by molar-refractivity contribution is 6.33. The molecular formula is C31H40ClFN4O7. The maximum absolute atomic E-state index is 13.2. The molecule has 2 aromatic rings. The Morgan fingerprint density at radius 1 is 1.07 bits per heavy atom. The standard InChI is InChI=1S/C27H36ClFN4O3.C4H4O4/c1-17(2)20(26(36)31-19-11-9-18(29)10-12-19)13-24(34)22(30)14-32-15-25(35)33(16-27(32,3)4)23-8-6-5-7-21(23)28;5-3(6)1-2-4(7)8/h5-12,17,20,22,24,34H,13-16,30H2,1-4H3,(H,31,36);1-2H,(H,5,6)(H,7,8)/b;2-1+/t20-,22-,24-;/m0./s1. The molecule has 0 bridgehead atoms. The molecule has 0 radical (unpaired) electrons. The predicted molar refractivity (Wildman–Crippen MR) is 166 cm³/mol. The molecule has 2 amide bonds. The molecule has 1 fully saturated rings. The van der Waals surface area contributed by atoms with Crippen molar-refractivity contribution in [3.63, 3.8) is 0 Å². The van der Waals surface area contributed by atoms with Gasteiger partial charge in [0.15, 0.2) is 0 Å². The molecule has 13 heteroatoms. The summed E-state index contributed by atoms with van der Waals surface area (Å²) in [5, 5.41) is 29.9. The van der Waals surface area contributed by atoms with Crippen molar-refractivity contribution in [3.8, 4) is 0 Å². The normalized spacial score (nSPS) is 17.0. The van der Waals surface area contributed by atoms with Crippen LogP contribution in [0.4, 0.5) is 15.8 Å². The minimum Gasteiger partial charge on any atom is -0.478 e. The van der Waals surface area contributed by atoms with Crippen LogP contribution in [0.15, 0.2) is 60.7 Å². The van der Waals surface area contributed by atoms with E-state index in [9.17, 15) is 28.7 Å². The molecule has 2 aromatic carbocycles. The molecule has 0 spiro atoms. The number of carbonyl (C=O) groups excluding carboxylic acids is 2. The number of amides is 2. The lowest BCUT2D eigenvalue weighted by Crippen LogP contribution is -2.64. The highest BCUT2D eigenvalue weighted by Crippen LogP contribution is 2.31. The van der Waals surface area contributed by atoms with E-state index in [4.69, 9.17) is 27.5 Å². The van der Waals surface area contributed by atoms with E-state index in [1.165, 1.54) is 24.3 Å². The van der Waals surface area contributed by atoms with Gasteiger partial charge in [0.2, 0.25) is 11.8 Å². The Hall–Kier alpha value is -3.84. The monoisotopic (exact) mass is 634 g/mol. The van der Waals surface area contributed by atoms with Gasteiger partial charge >= 0.3 is 11.9 Å². The van der Waals surface area contributed by atoms with Gasteiger partial charge in [0.05, 0.1) is 23.4 Å². The smallest absolute Gasteiger partial charge is 0.328 e. The summed E-state index contributed by atoms with van der Waals surface area (Å²) in [5.74, 6) is -3.80. The summed E-state index contributed by atoms with van der Waals surface area (Å²) in [4.78, 5) is 48.7. The van der Waals surface area contributed by atoms with Crippen LogP contribution in [0.25, 0.3) is 0 Å². The highest BCUT2D eigenvalue weighted by atomic mass is 35.5. The zero-order chi connectivity index (χ0) is 33.2. The van der Waals surface area contributed by atoms with E-state index < -0.39 is 35.5 Å². The zero-order valence-electron chi connectivity index (χ0n) is 25.1. The van der Waals surface area contributed by atoms with Gasteiger partial charge in [-0.2, -0.15) is 0 Å². The number of para-hydroxylation sites is 1. The van der Waals surface area contributed by atoms with E-state index in [-0.39, 0.29) is 36.5 Å². The number of hydrogen-bond donors (Lipinski definition) is 5. The average molecular weight is 635 g/mol. The van der Waals surface area contributed by atoms with Gasteiger partial charge in [-0.05, 0) is 62.6 Å². The Balaban J connectivity index is 0.000000742. The Kier molecular flexibility index (Phi) is 13.5. The molecule has 1 saturated heterocycles. The third kappa shape index (κ3) is 11.0. The first-order valence-electron chi connectivity index (χ1n) is 14.0. The molecule has 0 saturated carbocycles. The second-order valence-electron chi connectivity index (χ2n) is 11.4. The number of nitrogens with one attached hydrogen (secondary N) is 1. The molecule has 44 heavy (non-hydrogen) atoms. The number of anilines is 2. The largest absolute Gasteiger partial charge is 0.478 e. The summed E-state index contributed by atoms with van der Waals surface area (Å²) in [6.45, 7) is 8.71. The molecule has 6 N–H and O–H groups in total. The number of piperazine rings is 1. The van der Waals surface area contributed by atoms with Crippen molar-refractivity contribution < 1.29 is 38.9 Å². The first-order chi connectivity index (χ1) is 20.5. The highest BCUT2D eigenvalue weighted by Gasteiger charge is 2.40. The number of benzene rings is 2. The molecule has 3 rings (SSSR count). The van der Waals surface area contributed by atoms with Gasteiger partial charge < -0.3 is 31.3 Å². The van der Waals surface area contributed by atoms with E-state index >= 15 is 0 Å². The van der Waals surface area contributed by atoms with Crippen LogP contribution in [0.1, 0.15) is 34.1 Å². The minimum absolute atomic E-state index is 0.0514.